The van der Waals surface area contributed by atoms with E-state index in [1.165, 1.54) is 12.2 Å². The van der Waals surface area contributed by atoms with Crippen molar-refractivity contribution in [3.05, 3.63) is 12.2 Å². The minimum absolute atomic E-state index is 0.00123. The minimum atomic E-state index is -0.721. The van der Waals surface area contributed by atoms with Crippen LogP contribution < -0.4 is 5.32 Å². The van der Waals surface area contributed by atoms with Crippen LogP contribution in [0.5, 0.6) is 0 Å². The summed E-state index contributed by atoms with van der Waals surface area (Å²) in [5.41, 5.74) is 0. The molecule has 5 amide bonds. The first kappa shape index (κ1) is 39.9. The molecule has 0 bridgehead atoms. The molecule has 1 heterocycles. The third-order valence-corrected chi connectivity index (χ3v) is 4.63. The molecule has 0 saturated carbocycles. The van der Waals surface area contributed by atoms with Crippen LogP contribution in [0.25, 0.3) is 0 Å². The highest BCUT2D eigenvalue weighted by Crippen LogP contribution is 2.12. The van der Waals surface area contributed by atoms with Crippen molar-refractivity contribution in [3.63, 3.8) is 0 Å². The van der Waals surface area contributed by atoms with E-state index in [0.717, 1.165) is 4.90 Å². The molecule has 0 aromatic rings. The molecule has 236 valence electrons. The molecule has 1 saturated heterocycles. The Kier molecular flexibility index (Phi) is 27.6. The van der Waals surface area contributed by atoms with E-state index in [9.17, 15) is 28.8 Å². The first-order valence-electron chi connectivity index (χ1n) is 13.9. The van der Waals surface area contributed by atoms with E-state index in [2.05, 4.69) is 5.32 Å². The second kappa shape index (κ2) is 28.3. The number of allylic oxidation sites excluding steroid dienone is 1. The van der Waals surface area contributed by atoms with E-state index in [4.69, 9.17) is 23.8 Å². The molecule has 14 heteroatoms. The summed E-state index contributed by atoms with van der Waals surface area (Å²) < 4.78 is 21.2. The highest BCUT2D eigenvalue weighted by molar-refractivity contribution is 6.01. The lowest BCUT2D eigenvalue weighted by molar-refractivity contribution is -0.198. The lowest BCUT2D eigenvalue weighted by Crippen LogP contribution is -2.34. The van der Waals surface area contributed by atoms with Crippen LogP contribution in [0.2, 0.25) is 0 Å². The van der Waals surface area contributed by atoms with Crippen LogP contribution in [0, 0.1) is 0 Å². The largest absolute Gasteiger partial charge is 0.378 e. The Morgan fingerprint density at radius 2 is 1.29 bits per heavy atom. The van der Waals surface area contributed by atoms with E-state index in [1.807, 2.05) is 27.7 Å². The monoisotopic (exact) mass is 589 g/mol. The maximum atomic E-state index is 11.7. The van der Waals surface area contributed by atoms with Crippen molar-refractivity contribution in [2.24, 2.45) is 0 Å². The van der Waals surface area contributed by atoms with Crippen molar-refractivity contribution in [1.29, 1.82) is 0 Å². The number of carbonyl (C=O) groups excluding carboxylic acids is 6. The highest BCUT2D eigenvalue weighted by atomic mass is 16.7. The smallest absolute Gasteiger partial charge is 0.335 e. The van der Waals surface area contributed by atoms with Crippen LogP contribution >= 0.6 is 0 Å². The number of carbonyl (C=O) groups is 6. The Morgan fingerprint density at radius 1 is 0.805 bits per heavy atom. The van der Waals surface area contributed by atoms with Crippen molar-refractivity contribution in [2.45, 2.75) is 60.3 Å². The maximum absolute atomic E-state index is 11.7. The summed E-state index contributed by atoms with van der Waals surface area (Å²) in [6, 6.07) is 0. The van der Waals surface area contributed by atoms with Crippen molar-refractivity contribution in [2.75, 3.05) is 65.9 Å². The molecule has 1 aliphatic heterocycles. The number of rotatable bonds is 21. The molecule has 1 fully saturated rings. The number of nitrogens with one attached hydrogen (secondary N) is 1. The van der Waals surface area contributed by atoms with Gasteiger partial charge >= 0.3 is 5.97 Å². The van der Waals surface area contributed by atoms with Gasteiger partial charge in [0.05, 0.1) is 59.3 Å². The molecule has 0 aliphatic carbocycles. The summed E-state index contributed by atoms with van der Waals surface area (Å²) in [4.78, 5) is 74.1. The highest BCUT2D eigenvalue weighted by Gasteiger charge is 2.32. The molecular formula is C27H47N3O11. The molecule has 0 radical (unpaired) electrons. The van der Waals surface area contributed by atoms with Gasteiger partial charge in [-0.15, -0.1) is 5.06 Å². The van der Waals surface area contributed by atoms with E-state index >= 15 is 0 Å². The first-order valence-corrected chi connectivity index (χ1v) is 13.9. The summed E-state index contributed by atoms with van der Waals surface area (Å²) in [7, 11) is 0. The lowest BCUT2D eigenvalue weighted by Gasteiger charge is -2.13. The number of hydroxylamine groups is 2. The van der Waals surface area contributed by atoms with E-state index in [0.29, 0.717) is 44.5 Å². The average molecular weight is 590 g/mol. The number of nitrogens with zero attached hydrogens (tertiary/aromatic N) is 2. The molecular weight excluding hydrogens is 542 g/mol. The summed E-state index contributed by atoms with van der Waals surface area (Å²) in [6.07, 6.45) is 3.16. The Morgan fingerprint density at radius 3 is 1.78 bits per heavy atom. The molecule has 1 N–H and O–H groups in total. The van der Waals surface area contributed by atoms with Crippen LogP contribution in [-0.4, -0.2) is 112 Å². The van der Waals surface area contributed by atoms with E-state index in [1.54, 1.807) is 6.92 Å². The van der Waals surface area contributed by atoms with Crippen LogP contribution in [-0.2, 0) is 52.6 Å². The number of amides is 5. The van der Waals surface area contributed by atoms with Gasteiger partial charge in [-0.25, -0.2) is 4.79 Å². The number of hydrogen-bond donors (Lipinski definition) is 1. The van der Waals surface area contributed by atoms with Gasteiger partial charge in [0, 0.05) is 32.4 Å². The van der Waals surface area contributed by atoms with Crippen LogP contribution in [0.3, 0.4) is 0 Å². The molecule has 1 rings (SSSR count). The molecule has 0 atom stereocenters. The van der Waals surface area contributed by atoms with Gasteiger partial charge in [0.1, 0.15) is 0 Å². The Labute approximate surface area is 242 Å². The molecule has 1 aliphatic rings. The average Bonchev–Trinajstić information content (AvgIpc) is 3.29. The summed E-state index contributed by atoms with van der Waals surface area (Å²) in [5, 5.41) is 3.13. The summed E-state index contributed by atoms with van der Waals surface area (Å²) in [5.74, 6) is -2.54. The zero-order valence-electron chi connectivity index (χ0n) is 25.0. The van der Waals surface area contributed by atoms with Crippen molar-refractivity contribution >= 4 is 36.0 Å². The van der Waals surface area contributed by atoms with Crippen LogP contribution in [0.4, 0.5) is 0 Å². The van der Waals surface area contributed by atoms with Crippen LogP contribution in [0.15, 0.2) is 12.2 Å². The van der Waals surface area contributed by atoms with E-state index < -0.39 is 23.7 Å². The molecule has 14 nitrogen and oxygen atoms in total. The van der Waals surface area contributed by atoms with Crippen molar-refractivity contribution in [3.8, 4) is 0 Å². The number of imide groups is 2. The third-order valence-electron chi connectivity index (χ3n) is 4.63. The standard InChI is InChI=1S/C23H35N3O11.2C2H6/c1-2-3-20(29)25(18-27)9-6-19(28)24-8-11-34-13-15-36-17-16-35-14-12-33-10-7-23(32)37-26-21(30)4-5-22(26)31;2*1-2/h2-3,18H,4-17H2,1H3,(H,24,28);2*1-2H3/b3-2-;;. The quantitative estimate of drug-likeness (QED) is 0.0883. The van der Waals surface area contributed by atoms with Gasteiger partial charge in [-0.05, 0) is 13.0 Å². The molecule has 0 aromatic carbocycles. The first-order chi connectivity index (χ1) is 19.9. The molecule has 0 unspecified atom stereocenters. The SMILES string of the molecule is C/C=C\C(=O)N(C=O)CCC(=O)NCCOCCOCCOCCOCCC(=O)ON1C(=O)CCC1=O.CC.CC. The predicted molar refractivity (Wildman–Crippen MR) is 148 cm³/mol. The zero-order valence-corrected chi connectivity index (χ0v) is 25.0. The Bertz CT molecular complexity index is 774. The van der Waals surface area contributed by atoms with Crippen molar-refractivity contribution in [1.82, 2.24) is 15.3 Å². The van der Waals surface area contributed by atoms with Gasteiger partial charge in [0.25, 0.3) is 17.7 Å². The third kappa shape index (κ3) is 21.2. The molecule has 0 spiro atoms. The maximum Gasteiger partial charge on any atom is 0.335 e. The van der Waals surface area contributed by atoms with Gasteiger partial charge in [0.15, 0.2) is 0 Å². The Hall–Kier alpha value is -3.20. The fraction of sp³-hybridized carbons (Fsp3) is 0.704. The summed E-state index contributed by atoms with van der Waals surface area (Å²) >= 11 is 0. The minimum Gasteiger partial charge on any atom is -0.378 e. The fourth-order valence-electron chi connectivity index (χ4n) is 2.75. The Balaban J connectivity index is 0. The molecule has 41 heavy (non-hydrogen) atoms. The predicted octanol–water partition coefficient (Wildman–Crippen LogP) is 1.17. The lowest BCUT2D eigenvalue weighted by atomic mass is 10.3. The van der Waals surface area contributed by atoms with E-state index in [-0.39, 0.29) is 64.5 Å². The van der Waals surface area contributed by atoms with Gasteiger partial charge < -0.3 is 29.1 Å². The van der Waals surface area contributed by atoms with Gasteiger partial charge in [-0.3, -0.25) is 28.9 Å². The second-order valence-corrected chi connectivity index (χ2v) is 7.48. The van der Waals surface area contributed by atoms with Gasteiger partial charge in [0.2, 0.25) is 12.3 Å². The van der Waals surface area contributed by atoms with Gasteiger partial charge in [-0.2, -0.15) is 0 Å². The van der Waals surface area contributed by atoms with Gasteiger partial charge in [-0.1, -0.05) is 33.8 Å². The number of hydrogen-bond acceptors (Lipinski definition) is 11. The normalized spacial score (nSPS) is 12.3. The number of ether oxygens (including phenoxy) is 4. The fourth-order valence-corrected chi connectivity index (χ4v) is 2.75. The summed E-state index contributed by atoms with van der Waals surface area (Å²) in [6.45, 7) is 12.2. The topological polar surface area (TPSA) is 167 Å². The van der Waals surface area contributed by atoms with Crippen LogP contribution in [0.1, 0.15) is 60.3 Å². The second-order valence-electron chi connectivity index (χ2n) is 7.48. The van der Waals surface area contributed by atoms with Crippen molar-refractivity contribution < 1.29 is 52.6 Å². The molecule has 0 aromatic heterocycles. The zero-order chi connectivity index (χ0) is 31.3.